The molecule has 1 aliphatic heterocycles. The quantitative estimate of drug-likeness (QED) is 0.551. The topological polar surface area (TPSA) is 58.4 Å². The molecule has 0 bridgehead atoms. The van der Waals surface area contributed by atoms with Gasteiger partial charge in [-0.05, 0) is 49.1 Å². The lowest BCUT2D eigenvalue weighted by Gasteiger charge is -2.44. The maximum Gasteiger partial charge on any atom is 0.250 e. The minimum atomic E-state index is -0.843. The monoisotopic (exact) mass is 460 g/mol. The molecule has 176 valence electrons. The Bertz CT molecular complexity index is 1200. The molecular formula is C27H29FN4O2. The summed E-state index contributed by atoms with van der Waals surface area (Å²) in [7, 11) is 0. The molecule has 7 heteroatoms. The number of rotatable bonds is 5. The Morgan fingerprint density at radius 2 is 1.91 bits per heavy atom. The van der Waals surface area contributed by atoms with Gasteiger partial charge >= 0.3 is 0 Å². The second kappa shape index (κ2) is 9.41. The average Bonchev–Trinajstić information content (AvgIpc) is 3.25. The first kappa shape index (κ1) is 22.3. The van der Waals surface area contributed by atoms with Gasteiger partial charge in [0.25, 0.3) is 5.91 Å². The van der Waals surface area contributed by atoms with Crippen molar-refractivity contribution in [3.05, 3.63) is 83.7 Å². The van der Waals surface area contributed by atoms with Gasteiger partial charge in [0.05, 0.1) is 0 Å². The van der Waals surface area contributed by atoms with Gasteiger partial charge in [-0.15, -0.1) is 0 Å². The van der Waals surface area contributed by atoms with Crippen LogP contribution in [0.4, 0.5) is 10.1 Å². The van der Waals surface area contributed by atoms with Crippen LogP contribution in [0.25, 0.3) is 0 Å². The number of nitrogens with zero attached hydrogens (tertiary/aromatic N) is 4. The van der Waals surface area contributed by atoms with Gasteiger partial charge in [0.2, 0.25) is 5.91 Å². The SMILES string of the molecule is Cc1nccn1CC(=O)N(c1cccc(F)c1)C1C(=O)N(C2CCCCC2)Cc2ccccc21. The average molecular weight is 461 g/mol. The second-order valence-electron chi connectivity index (χ2n) is 9.21. The van der Waals surface area contributed by atoms with Crippen LogP contribution in [0.5, 0.6) is 0 Å². The number of anilines is 1. The van der Waals surface area contributed by atoms with Crippen LogP contribution in [0.3, 0.4) is 0 Å². The molecular weight excluding hydrogens is 431 g/mol. The molecule has 1 atom stereocenters. The fourth-order valence-electron chi connectivity index (χ4n) is 5.30. The first-order valence-electron chi connectivity index (χ1n) is 12.0. The van der Waals surface area contributed by atoms with E-state index in [2.05, 4.69) is 4.98 Å². The highest BCUT2D eigenvalue weighted by Crippen LogP contribution is 2.38. The Labute approximate surface area is 199 Å². The third kappa shape index (κ3) is 4.22. The zero-order valence-electron chi connectivity index (χ0n) is 19.4. The first-order valence-corrected chi connectivity index (χ1v) is 12.0. The summed E-state index contributed by atoms with van der Waals surface area (Å²) in [4.78, 5) is 35.5. The van der Waals surface area contributed by atoms with Crippen molar-refractivity contribution in [2.24, 2.45) is 0 Å². The van der Waals surface area contributed by atoms with Crippen LogP contribution in [0.15, 0.2) is 60.9 Å². The molecule has 0 N–H and O–H groups in total. The molecule has 1 aliphatic carbocycles. The number of amides is 2. The molecule has 1 aromatic heterocycles. The molecule has 3 aromatic rings. The highest BCUT2D eigenvalue weighted by atomic mass is 19.1. The van der Waals surface area contributed by atoms with Gasteiger partial charge < -0.3 is 9.47 Å². The van der Waals surface area contributed by atoms with Crippen molar-refractivity contribution in [3.63, 3.8) is 0 Å². The van der Waals surface area contributed by atoms with Crippen LogP contribution in [0, 0.1) is 12.7 Å². The number of aryl methyl sites for hydroxylation is 1. The Hall–Kier alpha value is -3.48. The van der Waals surface area contributed by atoms with Crippen LogP contribution in [0.2, 0.25) is 0 Å². The molecule has 34 heavy (non-hydrogen) atoms. The van der Waals surface area contributed by atoms with E-state index in [-0.39, 0.29) is 24.4 Å². The summed E-state index contributed by atoms with van der Waals surface area (Å²) in [6, 6.07) is 13.1. The van der Waals surface area contributed by atoms with E-state index in [1.54, 1.807) is 29.1 Å². The predicted molar refractivity (Wildman–Crippen MR) is 127 cm³/mol. The number of carbonyl (C=O) groups is 2. The lowest BCUT2D eigenvalue weighted by atomic mass is 9.88. The molecule has 6 nitrogen and oxygen atoms in total. The number of aromatic nitrogens is 2. The van der Waals surface area contributed by atoms with E-state index >= 15 is 0 Å². The summed E-state index contributed by atoms with van der Waals surface area (Å²) in [5.41, 5.74) is 2.21. The molecule has 2 heterocycles. The van der Waals surface area contributed by atoms with Crippen molar-refractivity contribution >= 4 is 17.5 Å². The number of hydrogen-bond acceptors (Lipinski definition) is 3. The van der Waals surface area contributed by atoms with Crippen molar-refractivity contribution in [3.8, 4) is 0 Å². The molecule has 1 saturated carbocycles. The molecule has 1 fully saturated rings. The van der Waals surface area contributed by atoms with Crippen LogP contribution in [-0.4, -0.2) is 32.3 Å². The Morgan fingerprint density at radius 3 is 2.65 bits per heavy atom. The fraction of sp³-hybridized carbons (Fsp3) is 0.370. The van der Waals surface area contributed by atoms with Crippen LogP contribution in [0.1, 0.15) is 55.1 Å². The molecule has 0 saturated heterocycles. The van der Waals surface area contributed by atoms with Gasteiger partial charge in [-0.25, -0.2) is 9.37 Å². The summed E-state index contributed by atoms with van der Waals surface area (Å²) >= 11 is 0. The van der Waals surface area contributed by atoms with E-state index in [1.165, 1.54) is 23.5 Å². The maximum atomic E-state index is 14.3. The molecule has 1 unspecified atom stereocenters. The highest BCUT2D eigenvalue weighted by Gasteiger charge is 2.42. The molecule has 5 rings (SSSR count). The van der Waals surface area contributed by atoms with Crippen molar-refractivity contribution in [1.29, 1.82) is 0 Å². The Morgan fingerprint density at radius 1 is 1.12 bits per heavy atom. The van der Waals surface area contributed by atoms with Gasteiger partial charge in [-0.3, -0.25) is 14.5 Å². The van der Waals surface area contributed by atoms with Crippen molar-refractivity contribution in [1.82, 2.24) is 14.5 Å². The highest BCUT2D eigenvalue weighted by molar-refractivity contribution is 6.02. The standard InChI is InChI=1S/C27H29FN4O2/c1-19-29-14-15-30(19)18-25(33)32(23-12-7-9-21(28)16-23)26-24-13-6-5-8-20(24)17-31(27(26)34)22-10-3-2-4-11-22/h5-9,12-16,22,26H,2-4,10-11,17-18H2,1H3. The summed E-state index contributed by atoms with van der Waals surface area (Å²) < 4.78 is 16.1. The van der Waals surface area contributed by atoms with Gasteiger partial charge in [0.15, 0.2) is 0 Å². The summed E-state index contributed by atoms with van der Waals surface area (Å²) in [6.07, 6.45) is 8.73. The van der Waals surface area contributed by atoms with E-state index in [0.29, 0.717) is 18.1 Å². The molecule has 2 aromatic carbocycles. The summed E-state index contributed by atoms with van der Waals surface area (Å²) in [5, 5.41) is 0. The number of fused-ring (bicyclic) bond motifs is 1. The smallest absolute Gasteiger partial charge is 0.250 e. The number of carbonyl (C=O) groups excluding carboxylic acids is 2. The molecule has 0 radical (unpaired) electrons. The fourth-order valence-corrected chi connectivity index (χ4v) is 5.30. The van der Waals surface area contributed by atoms with Gasteiger partial charge in [0, 0.05) is 30.7 Å². The zero-order chi connectivity index (χ0) is 23.7. The Balaban J connectivity index is 1.60. The molecule has 0 spiro atoms. The minimum Gasteiger partial charge on any atom is -0.333 e. The van der Waals surface area contributed by atoms with Gasteiger partial charge in [-0.1, -0.05) is 49.6 Å². The first-order chi connectivity index (χ1) is 16.5. The zero-order valence-corrected chi connectivity index (χ0v) is 19.4. The van der Waals surface area contributed by atoms with Crippen molar-refractivity contribution < 1.29 is 14.0 Å². The second-order valence-corrected chi connectivity index (χ2v) is 9.21. The van der Waals surface area contributed by atoms with E-state index < -0.39 is 11.9 Å². The van der Waals surface area contributed by atoms with E-state index in [0.717, 1.165) is 36.8 Å². The van der Waals surface area contributed by atoms with Gasteiger partial charge in [-0.2, -0.15) is 0 Å². The number of imidazole rings is 1. The molecule has 2 aliphatic rings. The van der Waals surface area contributed by atoms with Crippen LogP contribution < -0.4 is 4.90 Å². The molecule has 2 amide bonds. The third-order valence-corrected chi connectivity index (χ3v) is 7.07. The lowest BCUT2D eigenvalue weighted by molar-refractivity contribution is -0.139. The van der Waals surface area contributed by atoms with Crippen LogP contribution >= 0.6 is 0 Å². The van der Waals surface area contributed by atoms with Crippen molar-refractivity contribution in [2.45, 2.75) is 64.2 Å². The minimum absolute atomic E-state index is 0.0116. The number of hydrogen-bond donors (Lipinski definition) is 0. The maximum absolute atomic E-state index is 14.3. The number of halogens is 1. The van der Waals surface area contributed by atoms with E-state index in [1.807, 2.05) is 36.1 Å². The normalized spacial score (nSPS) is 18.6. The summed E-state index contributed by atoms with van der Waals surface area (Å²) in [6.45, 7) is 2.38. The Kier molecular flexibility index (Phi) is 6.18. The van der Waals surface area contributed by atoms with E-state index in [9.17, 15) is 14.0 Å². The van der Waals surface area contributed by atoms with Crippen LogP contribution in [-0.2, 0) is 22.7 Å². The largest absolute Gasteiger partial charge is 0.333 e. The van der Waals surface area contributed by atoms with Crippen molar-refractivity contribution in [2.75, 3.05) is 4.90 Å². The van der Waals surface area contributed by atoms with Gasteiger partial charge in [0.1, 0.15) is 24.2 Å². The third-order valence-electron chi connectivity index (χ3n) is 7.07. The summed E-state index contributed by atoms with van der Waals surface area (Å²) in [5.74, 6) is -0.127. The lowest BCUT2D eigenvalue weighted by Crippen LogP contribution is -2.52. The predicted octanol–water partition coefficient (Wildman–Crippen LogP) is 4.78. The number of benzene rings is 2. The van der Waals surface area contributed by atoms with E-state index in [4.69, 9.17) is 0 Å².